The number of fused-ring (bicyclic) bond motifs is 7. The zero-order valence-electron chi connectivity index (χ0n) is 36.6. The highest BCUT2D eigenvalue weighted by Gasteiger charge is 2.69. The van der Waals surface area contributed by atoms with Gasteiger partial charge in [0.2, 0.25) is 0 Å². The van der Waals surface area contributed by atoms with Crippen molar-refractivity contribution in [1.29, 1.82) is 0 Å². The van der Waals surface area contributed by atoms with Gasteiger partial charge < -0.3 is 15.3 Å². The molecule has 0 aromatic heterocycles. The van der Waals surface area contributed by atoms with E-state index in [0.717, 1.165) is 32.5 Å². The Morgan fingerprint density at radius 1 is 0.914 bits per heavy atom. The third-order valence-corrected chi connectivity index (χ3v) is 19.8. The minimum absolute atomic E-state index is 0.0386. The molecule has 3 saturated carbocycles. The Morgan fingerprint density at radius 2 is 1.64 bits per heavy atom. The van der Waals surface area contributed by atoms with Crippen molar-refractivity contribution in [2.24, 2.45) is 56.2 Å². The minimum Gasteiger partial charge on any atom is -0.481 e. The molecule has 8 heteroatoms. The molecule has 6 aliphatic carbocycles. The smallest absolute Gasteiger partial charge is 0.312 e. The van der Waals surface area contributed by atoms with Crippen molar-refractivity contribution in [1.82, 2.24) is 10.2 Å². The largest absolute Gasteiger partial charge is 0.481 e. The van der Waals surface area contributed by atoms with Crippen molar-refractivity contribution in [3.8, 4) is 0 Å². The van der Waals surface area contributed by atoms with Gasteiger partial charge in [0.25, 0.3) is 0 Å². The Balaban J connectivity index is 1.10. The Labute approximate surface area is 349 Å². The van der Waals surface area contributed by atoms with Crippen LogP contribution in [0.2, 0.25) is 0 Å². The summed E-state index contributed by atoms with van der Waals surface area (Å²) < 4.78 is 38.3. The summed E-state index contributed by atoms with van der Waals surface area (Å²) in [5, 5.41) is 13.8. The van der Waals surface area contributed by atoms with Crippen LogP contribution in [0.25, 0.3) is 5.57 Å². The summed E-state index contributed by atoms with van der Waals surface area (Å²) in [4.78, 5) is 14.4. The lowest BCUT2D eigenvalue weighted by Crippen LogP contribution is -2.64. The van der Waals surface area contributed by atoms with Gasteiger partial charge in [0, 0.05) is 38.1 Å². The average molecular weight is 815 g/mol. The monoisotopic (exact) mass is 815 g/mol. The van der Waals surface area contributed by atoms with Crippen molar-refractivity contribution in [2.75, 3.05) is 50.9 Å². The van der Waals surface area contributed by atoms with Gasteiger partial charge in [-0.25, -0.2) is 12.8 Å². The third kappa shape index (κ3) is 6.50. The first-order valence-corrected chi connectivity index (χ1v) is 24.5. The van der Waals surface area contributed by atoms with Crippen LogP contribution in [0.15, 0.2) is 70.9 Å². The maximum atomic E-state index is 14.1. The van der Waals surface area contributed by atoms with Gasteiger partial charge in [-0.15, -0.1) is 0 Å². The van der Waals surface area contributed by atoms with Crippen LogP contribution in [0.3, 0.4) is 0 Å². The summed E-state index contributed by atoms with van der Waals surface area (Å²) >= 11 is 0. The average Bonchev–Trinajstić information content (AvgIpc) is 3.53. The predicted octanol–water partition coefficient (Wildman–Crippen LogP) is 10.1. The molecular formula is C50H71FN2O4S. The lowest BCUT2D eigenvalue weighted by Gasteiger charge is -2.71. The number of aliphatic carboxylic acids is 1. The Kier molecular flexibility index (Phi) is 10.8. The quantitative estimate of drug-likeness (QED) is 0.229. The van der Waals surface area contributed by atoms with Crippen molar-refractivity contribution in [3.63, 3.8) is 0 Å². The van der Waals surface area contributed by atoms with Crippen LogP contribution in [-0.2, 0) is 14.6 Å². The molecule has 8 rings (SSSR count). The van der Waals surface area contributed by atoms with Gasteiger partial charge in [0.15, 0.2) is 9.84 Å². The van der Waals surface area contributed by atoms with Gasteiger partial charge in [0.1, 0.15) is 6.67 Å². The number of carboxylic acid groups (broad SMARTS) is 1. The van der Waals surface area contributed by atoms with E-state index in [9.17, 15) is 22.7 Å². The summed E-state index contributed by atoms with van der Waals surface area (Å²) in [5.74, 6) is 1.59. The van der Waals surface area contributed by atoms with E-state index in [0.29, 0.717) is 49.6 Å². The molecule has 8 atom stereocenters. The molecule has 1 unspecified atom stereocenters. The predicted molar refractivity (Wildman–Crippen MR) is 234 cm³/mol. The molecule has 7 aliphatic rings. The molecule has 4 fully saturated rings. The zero-order valence-corrected chi connectivity index (χ0v) is 37.4. The maximum absolute atomic E-state index is 14.1. The number of rotatable bonds is 10. The number of carbonyl (C=O) groups is 1. The maximum Gasteiger partial charge on any atom is 0.312 e. The van der Waals surface area contributed by atoms with Gasteiger partial charge in [-0.2, -0.15) is 0 Å². The second kappa shape index (κ2) is 14.8. The summed E-state index contributed by atoms with van der Waals surface area (Å²) in [6.07, 6.45) is 16.9. The summed E-state index contributed by atoms with van der Waals surface area (Å²) in [7, 11) is -2.89. The van der Waals surface area contributed by atoms with Crippen molar-refractivity contribution in [3.05, 3.63) is 76.4 Å². The molecule has 58 heavy (non-hydrogen) atoms. The van der Waals surface area contributed by atoms with Crippen LogP contribution in [0.1, 0.15) is 118 Å². The third-order valence-electron chi connectivity index (χ3n) is 18.2. The molecule has 1 aromatic carbocycles. The first kappa shape index (κ1) is 42.2. The number of nitrogens with zero attached hydrogens (tertiary/aromatic N) is 1. The van der Waals surface area contributed by atoms with Gasteiger partial charge >= 0.3 is 5.97 Å². The number of sulfone groups is 1. The summed E-state index contributed by atoms with van der Waals surface area (Å²) in [6, 6.07) is 11.1. The van der Waals surface area contributed by atoms with Crippen LogP contribution < -0.4 is 5.32 Å². The standard InChI is InChI=1S/C50H71FN2O4S/c1-34(2)42-37(35-11-9-8-10-12-35)31-50(33-52-25-26-53-27-29-58(56,57)30-28-53)24-23-47(6)39(43(42)50)13-14-41-46(5)19-17-38(45(3,4)40(46)18-20-48(41,47)7)36-15-21-49(32-51,22-16-36)44(54)55/h8-12,15,17,31,34,39-41,52H,13-14,16,18-30,32-33H2,1-7H3,(H,54,55)/t39-,40+,41-,46+,47-,48-,49?,50+/m1/s1. The number of hydrogen-bond acceptors (Lipinski definition) is 5. The van der Waals surface area contributed by atoms with E-state index >= 15 is 0 Å². The fraction of sp³-hybridized carbons (Fsp3) is 0.700. The number of benzene rings is 1. The molecule has 0 amide bonds. The summed E-state index contributed by atoms with van der Waals surface area (Å²) in [6.45, 7) is 20.9. The van der Waals surface area contributed by atoms with E-state index in [1.165, 1.54) is 54.4 Å². The molecule has 1 heterocycles. The summed E-state index contributed by atoms with van der Waals surface area (Å²) in [5.41, 5.74) is 7.90. The first-order chi connectivity index (χ1) is 27.4. The number of alkyl halides is 1. The highest BCUT2D eigenvalue weighted by molar-refractivity contribution is 7.91. The molecule has 2 N–H and O–H groups in total. The normalized spacial score (nSPS) is 39.5. The molecule has 1 aromatic rings. The minimum atomic E-state index is -2.89. The van der Waals surface area contributed by atoms with E-state index in [2.05, 4.69) is 107 Å². The van der Waals surface area contributed by atoms with E-state index in [1.54, 1.807) is 11.1 Å². The van der Waals surface area contributed by atoms with E-state index in [1.807, 2.05) is 0 Å². The van der Waals surface area contributed by atoms with Crippen LogP contribution in [0.4, 0.5) is 4.39 Å². The fourth-order valence-corrected chi connectivity index (χ4v) is 16.1. The molecule has 1 saturated heterocycles. The van der Waals surface area contributed by atoms with E-state index in [-0.39, 0.29) is 45.0 Å². The van der Waals surface area contributed by atoms with Gasteiger partial charge in [0.05, 0.1) is 16.9 Å². The topological polar surface area (TPSA) is 86.7 Å². The lowest BCUT2D eigenvalue weighted by atomic mass is 9.33. The number of hydrogen-bond donors (Lipinski definition) is 2. The van der Waals surface area contributed by atoms with Crippen LogP contribution in [0, 0.1) is 56.2 Å². The molecule has 1 aliphatic heterocycles. The number of nitrogens with one attached hydrogen (secondary N) is 1. The fourth-order valence-electron chi connectivity index (χ4n) is 14.8. The molecule has 0 bridgehead atoms. The molecular weight excluding hydrogens is 744 g/mol. The molecule has 318 valence electrons. The van der Waals surface area contributed by atoms with Crippen LogP contribution in [-0.4, -0.2) is 75.3 Å². The second-order valence-corrected chi connectivity index (χ2v) is 23.8. The zero-order chi connectivity index (χ0) is 41.5. The van der Waals surface area contributed by atoms with Gasteiger partial charge in [-0.05, 0) is 137 Å². The van der Waals surface area contributed by atoms with Crippen molar-refractivity contribution < 1.29 is 22.7 Å². The second-order valence-electron chi connectivity index (χ2n) is 21.5. The molecule has 6 nitrogen and oxygen atoms in total. The number of carboxylic acids is 1. The van der Waals surface area contributed by atoms with Gasteiger partial charge in [-0.1, -0.05) is 103 Å². The lowest BCUT2D eigenvalue weighted by molar-refractivity contribution is -0.197. The SMILES string of the molecule is CC(C)C1=C2[C@H]3CC[C@@H]4[C@@]5(C)CC=C(C6=CCC(CF)(C(=O)O)CC6)C(C)(C)[C@@H]5CC[C@@]4(C)[C@]3(C)CC[C@@]2(CNCCN2CCS(=O)(=O)CC2)C=C1c1ccccc1. The Morgan fingerprint density at radius 3 is 2.28 bits per heavy atom. The first-order valence-electron chi connectivity index (χ1n) is 22.7. The van der Waals surface area contributed by atoms with E-state index in [4.69, 9.17) is 0 Å². The Hall–Kier alpha value is -2.55. The number of halogens is 1. The highest BCUT2D eigenvalue weighted by Crippen LogP contribution is 2.77. The van der Waals surface area contributed by atoms with Crippen molar-refractivity contribution >= 4 is 21.4 Å². The Bertz CT molecular complexity index is 2020. The van der Waals surface area contributed by atoms with Gasteiger partial charge in [-0.3, -0.25) is 4.79 Å². The highest BCUT2D eigenvalue weighted by atomic mass is 32.2. The number of allylic oxidation sites excluding steroid dienone is 6. The van der Waals surface area contributed by atoms with Crippen molar-refractivity contribution in [2.45, 2.75) is 113 Å². The molecule has 0 radical (unpaired) electrons. The molecule has 0 spiro atoms. The van der Waals surface area contributed by atoms with E-state index < -0.39 is 27.9 Å². The van der Waals surface area contributed by atoms with Crippen LogP contribution in [0.5, 0.6) is 0 Å². The van der Waals surface area contributed by atoms with Crippen LogP contribution >= 0.6 is 0 Å².